The third-order valence-electron chi connectivity index (χ3n) is 6.61. The van der Waals surface area contributed by atoms with Gasteiger partial charge in [-0.05, 0) is 0 Å². The average Bonchev–Trinajstić information content (AvgIpc) is 2.56. The van der Waals surface area contributed by atoms with E-state index in [2.05, 4.69) is 51.2 Å². The van der Waals surface area contributed by atoms with E-state index in [1.807, 2.05) is 0 Å². The van der Waals surface area contributed by atoms with Crippen LogP contribution in [0, 0.1) is 13.8 Å². The van der Waals surface area contributed by atoms with Crippen LogP contribution in [-0.4, -0.2) is 14.9 Å². The zero-order valence-corrected chi connectivity index (χ0v) is 18.5. The van der Waals surface area contributed by atoms with E-state index >= 15 is 0 Å². The molecule has 0 N–H and O–H groups in total. The van der Waals surface area contributed by atoms with Gasteiger partial charge in [0.15, 0.2) is 0 Å². The molecule has 0 radical (unpaired) electrons. The van der Waals surface area contributed by atoms with Crippen molar-refractivity contribution in [3.63, 3.8) is 0 Å². The van der Waals surface area contributed by atoms with Gasteiger partial charge in [0.1, 0.15) is 0 Å². The van der Waals surface area contributed by atoms with E-state index < -0.39 is 7.26 Å². The Labute approximate surface area is 165 Å². The first kappa shape index (κ1) is 19.4. The predicted molar refractivity (Wildman–Crippen MR) is 107 cm³/mol. The Morgan fingerprint density at radius 3 is 1.62 bits per heavy atom. The van der Waals surface area contributed by atoms with Crippen LogP contribution in [0.1, 0.15) is 75.3 Å². The summed E-state index contributed by atoms with van der Waals surface area (Å²) >= 11 is 10.8. The molecule has 2 saturated carbocycles. The number of benzene rings is 1. The molecule has 1 atom stereocenters. The van der Waals surface area contributed by atoms with Crippen LogP contribution in [0.25, 0.3) is 0 Å². The van der Waals surface area contributed by atoms with Crippen LogP contribution in [-0.2, 0) is 19.2 Å². The minimum atomic E-state index is -1.81. The fourth-order valence-corrected chi connectivity index (χ4v) is 16.2. The topological polar surface area (TPSA) is 0 Å². The molecule has 0 saturated heterocycles. The second kappa shape index (κ2) is 8.53. The molecule has 0 amide bonds. The third-order valence-corrected chi connectivity index (χ3v) is 15.7. The van der Waals surface area contributed by atoms with Gasteiger partial charge in [0.2, 0.25) is 0 Å². The molecule has 3 rings (SSSR count). The number of hydrogen-bond donors (Lipinski definition) is 0. The van der Waals surface area contributed by atoms with Crippen LogP contribution >= 0.6 is 18.9 Å². The normalized spacial score (nSPS) is 23.2. The van der Waals surface area contributed by atoms with Crippen molar-refractivity contribution in [1.29, 1.82) is 0 Å². The van der Waals surface area contributed by atoms with Crippen molar-refractivity contribution in [2.24, 2.45) is 0 Å². The van der Waals surface area contributed by atoms with Crippen LogP contribution < -0.4 is 5.30 Å². The van der Waals surface area contributed by atoms with E-state index in [0.29, 0.717) is 0 Å². The van der Waals surface area contributed by atoms with E-state index in [0.717, 1.165) is 11.3 Å². The molecule has 1 aromatic carbocycles. The van der Waals surface area contributed by atoms with Gasteiger partial charge in [-0.3, -0.25) is 0 Å². The summed E-state index contributed by atoms with van der Waals surface area (Å²) in [5.41, 5.74) is 4.57. The molecule has 0 spiro atoms. The summed E-state index contributed by atoms with van der Waals surface area (Å²) in [5, 5.41) is 1.66. The zero-order valence-electron chi connectivity index (χ0n) is 15.2. The Hall–Kier alpha value is 0.602. The van der Waals surface area contributed by atoms with Crippen LogP contribution in [0.5, 0.6) is 0 Å². The van der Waals surface area contributed by atoms with Gasteiger partial charge in [0.25, 0.3) is 0 Å². The van der Waals surface area contributed by atoms with Crippen LogP contribution in [0.15, 0.2) is 18.2 Å². The van der Waals surface area contributed by atoms with Crippen LogP contribution in [0.4, 0.5) is 0 Å². The van der Waals surface area contributed by atoms with Gasteiger partial charge in [0, 0.05) is 0 Å². The molecule has 2 aliphatic rings. The Morgan fingerprint density at radius 1 is 0.833 bits per heavy atom. The fourth-order valence-electron chi connectivity index (χ4n) is 5.63. The summed E-state index contributed by atoms with van der Waals surface area (Å²) < 4.78 is 0.202. The standard InChI is InChI=1S/C21H33ClP.Pd/c1-17-13-18(2)15-21(14-17)23(16-22,19-9-5-3-6-10-19)20-11-7-4-8-12-20;/h13-16,19-20,23H,3-12H2,1-2H3;. The van der Waals surface area contributed by atoms with Gasteiger partial charge in [-0.15, -0.1) is 0 Å². The van der Waals surface area contributed by atoms with E-state index in [1.165, 1.54) is 75.3 Å². The molecule has 0 bridgehead atoms. The van der Waals surface area contributed by atoms with E-state index in [9.17, 15) is 0 Å². The molecule has 2 aliphatic carbocycles. The van der Waals surface area contributed by atoms with E-state index in [1.54, 1.807) is 5.30 Å². The minimum absolute atomic E-state index is 0.202. The zero-order chi connectivity index (χ0) is 17.2. The second-order valence-electron chi connectivity index (χ2n) is 8.25. The summed E-state index contributed by atoms with van der Waals surface area (Å²) in [7, 11) is -1.81. The number of rotatable bonds is 4. The van der Waals surface area contributed by atoms with Gasteiger partial charge >= 0.3 is 166 Å². The van der Waals surface area contributed by atoms with Crippen molar-refractivity contribution in [1.82, 2.24) is 0 Å². The molecule has 0 aliphatic heterocycles. The van der Waals surface area contributed by atoms with Crippen LogP contribution in [0.3, 0.4) is 0 Å². The van der Waals surface area contributed by atoms with Crippen molar-refractivity contribution in [2.75, 3.05) is 0 Å². The maximum atomic E-state index is 7.10. The summed E-state index contributed by atoms with van der Waals surface area (Å²) in [6.45, 7) is 4.52. The van der Waals surface area contributed by atoms with E-state index in [-0.39, 0.29) is 3.59 Å². The van der Waals surface area contributed by atoms with Gasteiger partial charge in [-0.25, -0.2) is 0 Å². The quantitative estimate of drug-likeness (QED) is 0.278. The summed E-state index contributed by atoms with van der Waals surface area (Å²) in [6.07, 6.45) is 14.2. The Morgan fingerprint density at radius 2 is 1.25 bits per heavy atom. The summed E-state index contributed by atoms with van der Waals surface area (Å²) in [5.74, 6) is 0. The molecule has 24 heavy (non-hydrogen) atoms. The SMILES string of the molecule is Cc1cc(C)cc([PH]([CH](Cl)[Pd])(C2CCCCC2)C2CCCCC2)c1. The number of hydrogen-bond acceptors (Lipinski definition) is 0. The Kier molecular flexibility index (Phi) is 6.88. The van der Waals surface area contributed by atoms with Crippen molar-refractivity contribution in [2.45, 2.75) is 93.0 Å². The molecule has 3 heteroatoms. The molecule has 1 unspecified atom stereocenters. The van der Waals surface area contributed by atoms with E-state index in [4.69, 9.17) is 11.6 Å². The third kappa shape index (κ3) is 3.81. The average molecular weight is 458 g/mol. The summed E-state index contributed by atoms with van der Waals surface area (Å²) in [6, 6.07) is 7.33. The van der Waals surface area contributed by atoms with Gasteiger partial charge < -0.3 is 0 Å². The second-order valence-corrected chi connectivity index (χ2v) is 15.9. The first-order valence-corrected chi connectivity index (χ1v) is 13.4. The monoisotopic (exact) mass is 457 g/mol. The molecule has 1 aromatic rings. The molecule has 2 fully saturated rings. The number of aryl methyl sites for hydroxylation is 2. The molecule has 0 nitrogen and oxygen atoms in total. The molecule has 0 heterocycles. The Balaban J connectivity index is 2.12. The number of alkyl halides is 1. The van der Waals surface area contributed by atoms with Crippen molar-refractivity contribution in [3.05, 3.63) is 29.3 Å². The Bertz CT molecular complexity index is 507. The molecule has 139 valence electrons. The van der Waals surface area contributed by atoms with Crippen molar-refractivity contribution >= 4 is 24.2 Å². The van der Waals surface area contributed by atoms with Gasteiger partial charge in [-0.2, -0.15) is 0 Å². The van der Waals surface area contributed by atoms with Crippen LogP contribution in [0.2, 0.25) is 0 Å². The molecule has 0 aromatic heterocycles. The molecular formula is C21H33ClPPd. The first-order valence-electron chi connectivity index (χ1n) is 9.88. The van der Waals surface area contributed by atoms with Gasteiger partial charge in [-0.1, -0.05) is 0 Å². The molecular weight excluding hydrogens is 425 g/mol. The van der Waals surface area contributed by atoms with Gasteiger partial charge in [0.05, 0.1) is 0 Å². The predicted octanol–water partition coefficient (Wildman–Crippen LogP) is 6.41. The number of halogens is 1. The fraction of sp³-hybridized carbons (Fsp3) is 0.714. The first-order chi connectivity index (χ1) is 11.5. The van der Waals surface area contributed by atoms with Crippen molar-refractivity contribution in [3.8, 4) is 0 Å². The maximum absolute atomic E-state index is 7.10. The summed E-state index contributed by atoms with van der Waals surface area (Å²) in [4.78, 5) is 0. The van der Waals surface area contributed by atoms with Crippen molar-refractivity contribution < 1.29 is 19.2 Å².